The first-order chi connectivity index (χ1) is 9.78. The molecule has 8 heteroatoms. The Bertz CT molecular complexity index is 786. The van der Waals surface area contributed by atoms with E-state index in [2.05, 4.69) is 4.72 Å². The molecule has 2 rings (SSSR count). The molecular weight excluding hydrogens is 297 g/mol. The molecule has 0 saturated heterocycles. The van der Waals surface area contributed by atoms with Gasteiger partial charge in [0.2, 0.25) is 5.91 Å². The average Bonchev–Trinajstić information content (AvgIpc) is 2.37. The zero-order chi connectivity index (χ0) is 15.6. The molecule has 110 valence electrons. The molecule has 2 aromatic carbocycles. The van der Waals surface area contributed by atoms with Crippen molar-refractivity contribution in [2.45, 2.75) is 4.90 Å². The lowest BCUT2D eigenvalue weighted by molar-refractivity contribution is 0.100. The summed E-state index contributed by atoms with van der Waals surface area (Å²) in [5, 5.41) is 0. The lowest BCUT2D eigenvalue weighted by Crippen LogP contribution is -2.15. The Hall–Kier alpha value is -2.61. The Labute approximate surface area is 120 Å². The summed E-state index contributed by atoms with van der Waals surface area (Å²) >= 11 is 0. The number of primary amides is 1. The van der Waals surface area contributed by atoms with Crippen LogP contribution in [0.2, 0.25) is 0 Å². The van der Waals surface area contributed by atoms with Crippen LogP contribution in [0.5, 0.6) is 0 Å². The van der Waals surface area contributed by atoms with Gasteiger partial charge in [0.15, 0.2) is 0 Å². The van der Waals surface area contributed by atoms with Crippen LogP contribution >= 0.6 is 0 Å². The first-order valence-corrected chi connectivity index (χ1v) is 7.25. The number of hydrogen-bond donors (Lipinski definition) is 3. The number of anilines is 2. The number of carbonyl (C=O) groups is 1. The van der Waals surface area contributed by atoms with Crippen molar-refractivity contribution >= 4 is 27.3 Å². The Morgan fingerprint density at radius 2 is 1.86 bits per heavy atom. The maximum atomic E-state index is 13.2. The van der Waals surface area contributed by atoms with Crippen LogP contribution in [0.3, 0.4) is 0 Å². The van der Waals surface area contributed by atoms with E-state index in [9.17, 15) is 17.6 Å². The number of nitrogen functional groups attached to an aromatic ring is 1. The second-order valence-corrected chi connectivity index (χ2v) is 5.95. The highest BCUT2D eigenvalue weighted by Gasteiger charge is 2.16. The third-order valence-electron chi connectivity index (χ3n) is 2.60. The lowest BCUT2D eigenvalue weighted by Gasteiger charge is -2.09. The Morgan fingerprint density at radius 3 is 2.48 bits per heavy atom. The van der Waals surface area contributed by atoms with Crippen molar-refractivity contribution < 1.29 is 17.6 Å². The summed E-state index contributed by atoms with van der Waals surface area (Å²) in [6, 6.07) is 8.61. The number of hydrogen-bond acceptors (Lipinski definition) is 4. The molecule has 5 N–H and O–H groups in total. The van der Waals surface area contributed by atoms with Crippen LogP contribution in [-0.4, -0.2) is 14.3 Å². The SMILES string of the molecule is NC(=O)c1cccc(NS(=O)(=O)c2cc(N)cc(F)c2)c1. The standard InChI is InChI=1S/C13H12FN3O3S/c14-9-5-10(15)7-12(6-9)21(19,20)17-11-3-1-2-8(4-11)13(16)18/h1-7,17H,15H2,(H2,16,18). The van der Waals surface area contributed by atoms with Gasteiger partial charge in [0.25, 0.3) is 10.0 Å². The van der Waals surface area contributed by atoms with Gasteiger partial charge in [-0.3, -0.25) is 9.52 Å². The molecule has 0 fully saturated rings. The molecule has 0 saturated carbocycles. The Morgan fingerprint density at radius 1 is 1.14 bits per heavy atom. The van der Waals surface area contributed by atoms with Gasteiger partial charge in [-0.1, -0.05) is 6.07 Å². The first kappa shape index (κ1) is 14.8. The molecule has 0 spiro atoms. The van der Waals surface area contributed by atoms with Gasteiger partial charge in [0.05, 0.1) is 4.90 Å². The molecule has 0 aromatic heterocycles. The second kappa shape index (κ2) is 5.41. The quantitative estimate of drug-likeness (QED) is 0.738. The van der Waals surface area contributed by atoms with E-state index in [4.69, 9.17) is 11.5 Å². The Balaban J connectivity index is 2.37. The topological polar surface area (TPSA) is 115 Å². The van der Waals surface area contributed by atoms with E-state index >= 15 is 0 Å². The fourth-order valence-electron chi connectivity index (χ4n) is 1.69. The van der Waals surface area contributed by atoms with E-state index in [1.165, 1.54) is 24.3 Å². The number of amides is 1. The minimum Gasteiger partial charge on any atom is -0.399 e. The van der Waals surface area contributed by atoms with Gasteiger partial charge in [-0.2, -0.15) is 0 Å². The number of benzene rings is 2. The van der Waals surface area contributed by atoms with Crippen molar-refractivity contribution in [2.75, 3.05) is 10.5 Å². The summed E-state index contributed by atoms with van der Waals surface area (Å²) < 4.78 is 39.7. The molecule has 1 amide bonds. The first-order valence-electron chi connectivity index (χ1n) is 5.77. The number of carbonyl (C=O) groups excluding carboxylic acids is 1. The van der Waals surface area contributed by atoms with E-state index in [0.29, 0.717) is 0 Å². The highest BCUT2D eigenvalue weighted by atomic mass is 32.2. The van der Waals surface area contributed by atoms with Crippen molar-refractivity contribution in [1.82, 2.24) is 0 Å². The van der Waals surface area contributed by atoms with E-state index in [0.717, 1.165) is 18.2 Å². The summed E-state index contributed by atoms with van der Waals surface area (Å²) in [5.74, 6) is -1.45. The minimum atomic E-state index is -4.02. The summed E-state index contributed by atoms with van der Waals surface area (Å²) in [6.45, 7) is 0. The van der Waals surface area contributed by atoms with Crippen LogP contribution in [0.25, 0.3) is 0 Å². The zero-order valence-corrected chi connectivity index (χ0v) is 11.5. The molecule has 0 radical (unpaired) electrons. The molecule has 0 heterocycles. The van der Waals surface area contributed by atoms with Gasteiger partial charge < -0.3 is 11.5 Å². The van der Waals surface area contributed by atoms with Crippen molar-refractivity contribution in [3.63, 3.8) is 0 Å². The number of nitrogens with two attached hydrogens (primary N) is 2. The average molecular weight is 309 g/mol. The fourth-order valence-corrected chi connectivity index (χ4v) is 2.80. The fraction of sp³-hybridized carbons (Fsp3) is 0. The summed E-state index contributed by atoms with van der Waals surface area (Å²) in [4.78, 5) is 10.7. The third-order valence-corrected chi connectivity index (χ3v) is 3.96. The lowest BCUT2D eigenvalue weighted by atomic mass is 10.2. The summed E-state index contributed by atoms with van der Waals surface area (Å²) in [5.41, 5.74) is 10.8. The molecule has 0 aliphatic rings. The summed E-state index contributed by atoms with van der Waals surface area (Å²) in [6.07, 6.45) is 0. The van der Waals surface area contributed by atoms with Crippen LogP contribution in [-0.2, 0) is 10.0 Å². The van der Waals surface area contributed by atoms with Crippen LogP contribution in [0.15, 0.2) is 47.4 Å². The molecule has 0 bridgehead atoms. The van der Waals surface area contributed by atoms with Crippen molar-refractivity contribution in [1.29, 1.82) is 0 Å². The Kier molecular flexibility index (Phi) is 3.81. The molecule has 2 aromatic rings. The second-order valence-electron chi connectivity index (χ2n) is 4.27. The smallest absolute Gasteiger partial charge is 0.262 e. The van der Waals surface area contributed by atoms with Gasteiger partial charge in [-0.15, -0.1) is 0 Å². The minimum absolute atomic E-state index is 0.0127. The van der Waals surface area contributed by atoms with Crippen LogP contribution in [0.1, 0.15) is 10.4 Å². The van der Waals surface area contributed by atoms with E-state index in [-0.39, 0.29) is 21.8 Å². The van der Waals surface area contributed by atoms with Crippen molar-refractivity contribution in [3.05, 3.63) is 53.8 Å². The molecule has 0 atom stereocenters. The van der Waals surface area contributed by atoms with Gasteiger partial charge in [0, 0.05) is 16.9 Å². The van der Waals surface area contributed by atoms with Crippen LogP contribution in [0.4, 0.5) is 15.8 Å². The molecule has 0 unspecified atom stereocenters. The van der Waals surface area contributed by atoms with E-state index in [1.807, 2.05) is 0 Å². The zero-order valence-electron chi connectivity index (χ0n) is 10.7. The van der Waals surface area contributed by atoms with Gasteiger partial charge in [-0.25, -0.2) is 12.8 Å². The van der Waals surface area contributed by atoms with Gasteiger partial charge >= 0.3 is 0 Å². The predicted molar refractivity (Wildman–Crippen MR) is 76.6 cm³/mol. The number of sulfonamides is 1. The van der Waals surface area contributed by atoms with Crippen molar-refractivity contribution in [2.24, 2.45) is 5.73 Å². The number of nitrogens with one attached hydrogen (secondary N) is 1. The number of rotatable bonds is 4. The maximum Gasteiger partial charge on any atom is 0.262 e. The monoisotopic (exact) mass is 309 g/mol. The van der Waals surface area contributed by atoms with Crippen LogP contribution < -0.4 is 16.2 Å². The largest absolute Gasteiger partial charge is 0.399 e. The maximum absolute atomic E-state index is 13.2. The normalized spacial score (nSPS) is 11.1. The van der Waals surface area contributed by atoms with E-state index in [1.54, 1.807) is 0 Å². The molecule has 21 heavy (non-hydrogen) atoms. The van der Waals surface area contributed by atoms with Gasteiger partial charge in [-0.05, 0) is 36.4 Å². The van der Waals surface area contributed by atoms with E-state index < -0.39 is 21.7 Å². The highest BCUT2D eigenvalue weighted by Crippen LogP contribution is 2.20. The highest BCUT2D eigenvalue weighted by molar-refractivity contribution is 7.92. The van der Waals surface area contributed by atoms with Crippen molar-refractivity contribution in [3.8, 4) is 0 Å². The van der Waals surface area contributed by atoms with Gasteiger partial charge in [0.1, 0.15) is 5.82 Å². The predicted octanol–water partition coefficient (Wildman–Crippen LogP) is 1.31. The van der Waals surface area contributed by atoms with Crippen LogP contribution in [0, 0.1) is 5.82 Å². The third kappa shape index (κ3) is 3.48. The molecule has 6 nitrogen and oxygen atoms in total. The number of halogens is 1. The summed E-state index contributed by atoms with van der Waals surface area (Å²) in [7, 11) is -4.02. The molecule has 0 aliphatic carbocycles. The molecular formula is C13H12FN3O3S. The molecule has 0 aliphatic heterocycles.